The van der Waals surface area contributed by atoms with E-state index in [9.17, 15) is 9.46 Å². The highest BCUT2D eigenvalue weighted by Crippen LogP contribution is 2.44. The van der Waals surface area contributed by atoms with Gasteiger partial charge in [-0.25, -0.2) is 0 Å². The van der Waals surface area contributed by atoms with Gasteiger partial charge in [-0.3, -0.25) is 4.57 Å². The third-order valence-electron chi connectivity index (χ3n) is 3.49. The Balaban J connectivity index is 3.43. The number of rotatable bonds is 13. The molecule has 0 bridgehead atoms. The van der Waals surface area contributed by atoms with E-state index in [0.717, 1.165) is 12.8 Å². The van der Waals surface area contributed by atoms with Crippen molar-refractivity contribution in [1.29, 1.82) is 0 Å². The van der Waals surface area contributed by atoms with Crippen molar-refractivity contribution in [3.05, 3.63) is 0 Å². The van der Waals surface area contributed by atoms with Gasteiger partial charge in [-0.1, -0.05) is 85.5 Å². The molecule has 4 heteroatoms. The quantitative estimate of drug-likeness (QED) is 0.327. The van der Waals surface area contributed by atoms with E-state index in [2.05, 4.69) is 6.92 Å². The van der Waals surface area contributed by atoms with Crippen molar-refractivity contribution >= 4 is 7.60 Å². The molecule has 0 amide bonds. The first-order valence-corrected chi connectivity index (χ1v) is 10.5. The standard InChI is InChI=1S/C17H37O3P/c1-5-6-7-8-9-10-11-12-13-14-15-21(18,19)20-16-17(2,3)4/h5-16H2,1-4H3,(H,18,19). The minimum atomic E-state index is -3.36. The van der Waals surface area contributed by atoms with Gasteiger partial charge in [0.1, 0.15) is 0 Å². The molecule has 0 heterocycles. The lowest BCUT2D eigenvalue weighted by atomic mass is 9.99. The Morgan fingerprint density at radius 1 is 0.857 bits per heavy atom. The van der Waals surface area contributed by atoms with E-state index in [0.29, 0.717) is 12.8 Å². The van der Waals surface area contributed by atoms with Crippen LogP contribution in [0, 0.1) is 5.41 Å². The maximum Gasteiger partial charge on any atom is 0.328 e. The van der Waals surface area contributed by atoms with Crippen LogP contribution in [-0.2, 0) is 9.09 Å². The summed E-state index contributed by atoms with van der Waals surface area (Å²) in [5.41, 5.74) is -0.0594. The molecule has 0 rings (SSSR count). The summed E-state index contributed by atoms with van der Waals surface area (Å²) in [5.74, 6) is 0. The van der Waals surface area contributed by atoms with Gasteiger partial charge in [0.05, 0.1) is 6.61 Å². The molecular weight excluding hydrogens is 283 g/mol. The van der Waals surface area contributed by atoms with E-state index in [4.69, 9.17) is 4.52 Å². The van der Waals surface area contributed by atoms with Gasteiger partial charge in [0, 0.05) is 6.16 Å². The van der Waals surface area contributed by atoms with Crippen molar-refractivity contribution in [3.8, 4) is 0 Å². The number of hydrogen-bond donors (Lipinski definition) is 1. The second kappa shape index (κ2) is 11.7. The first kappa shape index (κ1) is 21.1. The third-order valence-corrected chi connectivity index (χ3v) is 4.91. The SMILES string of the molecule is CCCCCCCCCCCCP(=O)(O)OCC(C)(C)C. The summed E-state index contributed by atoms with van der Waals surface area (Å²) < 4.78 is 17.0. The maximum atomic E-state index is 11.8. The summed E-state index contributed by atoms with van der Waals surface area (Å²) >= 11 is 0. The Hall–Kier alpha value is 0.150. The van der Waals surface area contributed by atoms with Crippen molar-refractivity contribution < 1.29 is 14.0 Å². The highest BCUT2D eigenvalue weighted by Gasteiger charge is 2.22. The average Bonchev–Trinajstić information content (AvgIpc) is 2.38. The van der Waals surface area contributed by atoms with Crippen molar-refractivity contribution in [2.24, 2.45) is 5.41 Å². The second-order valence-electron chi connectivity index (χ2n) is 7.38. The van der Waals surface area contributed by atoms with Crippen LogP contribution in [0.1, 0.15) is 91.9 Å². The first-order chi connectivity index (χ1) is 9.77. The fourth-order valence-electron chi connectivity index (χ4n) is 2.16. The van der Waals surface area contributed by atoms with Crippen molar-refractivity contribution in [2.75, 3.05) is 12.8 Å². The lowest BCUT2D eigenvalue weighted by Crippen LogP contribution is -2.14. The summed E-state index contributed by atoms with van der Waals surface area (Å²) in [6, 6.07) is 0. The van der Waals surface area contributed by atoms with Gasteiger partial charge < -0.3 is 9.42 Å². The molecule has 21 heavy (non-hydrogen) atoms. The van der Waals surface area contributed by atoms with Crippen LogP contribution in [0.2, 0.25) is 0 Å². The highest BCUT2D eigenvalue weighted by atomic mass is 31.2. The van der Waals surface area contributed by atoms with Crippen molar-refractivity contribution in [3.63, 3.8) is 0 Å². The van der Waals surface area contributed by atoms with Crippen LogP contribution in [0.15, 0.2) is 0 Å². The smallest absolute Gasteiger partial charge is 0.324 e. The molecule has 0 aromatic carbocycles. The van der Waals surface area contributed by atoms with Gasteiger partial charge >= 0.3 is 7.60 Å². The predicted octanol–water partition coefficient (Wildman–Crippen LogP) is 6.16. The lowest BCUT2D eigenvalue weighted by Gasteiger charge is -2.20. The molecule has 1 unspecified atom stereocenters. The molecule has 0 saturated heterocycles. The molecule has 128 valence electrons. The molecule has 0 spiro atoms. The van der Waals surface area contributed by atoms with Crippen LogP contribution in [-0.4, -0.2) is 17.7 Å². The van der Waals surface area contributed by atoms with E-state index in [1.54, 1.807) is 0 Å². The Labute approximate surface area is 132 Å². The zero-order valence-electron chi connectivity index (χ0n) is 14.7. The molecule has 3 nitrogen and oxygen atoms in total. The van der Waals surface area contributed by atoms with E-state index in [1.807, 2.05) is 20.8 Å². The molecule has 0 aliphatic carbocycles. The average molecular weight is 320 g/mol. The Bertz CT molecular complexity index is 284. The van der Waals surface area contributed by atoms with Crippen LogP contribution in [0.3, 0.4) is 0 Å². The predicted molar refractivity (Wildman–Crippen MR) is 91.9 cm³/mol. The first-order valence-electron chi connectivity index (χ1n) is 8.73. The van der Waals surface area contributed by atoms with Gasteiger partial charge in [0.2, 0.25) is 0 Å². The van der Waals surface area contributed by atoms with Crippen LogP contribution in [0.5, 0.6) is 0 Å². The Kier molecular flexibility index (Phi) is 11.8. The monoisotopic (exact) mass is 320 g/mol. The van der Waals surface area contributed by atoms with Gasteiger partial charge in [0.15, 0.2) is 0 Å². The zero-order valence-corrected chi connectivity index (χ0v) is 15.6. The van der Waals surface area contributed by atoms with Crippen molar-refractivity contribution in [1.82, 2.24) is 0 Å². The van der Waals surface area contributed by atoms with E-state index in [-0.39, 0.29) is 5.41 Å². The fourth-order valence-corrected chi connectivity index (χ4v) is 3.50. The molecular formula is C17H37O3P. The zero-order chi connectivity index (χ0) is 16.2. The summed E-state index contributed by atoms with van der Waals surface area (Å²) in [4.78, 5) is 9.73. The van der Waals surface area contributed by atoms with Crippen LogP contribution in [0.4, 0.5) is 0 Å². The molecule has 0 aromatic rings. The van der Waals surface area contributed by atoms with Gasteiger partial charge in [-0.05, 0) is 11.8 Å². The molecule has 0 saturated carbocycles. The second-order valence-corrected chi connectivity index (χ2v) is 9.36. The largest absolute Gasteiger partial charge is 0.328 e. The normalized spacial score (nSPS) is 15.1. The minimum Gasteiger partial charge on any atom is -0.324 e. The summed E-state index contributed by atoms with van der Waals surface area (Å²) in [6.07, 6.45) is 12.6. The summed E-state index contributed by atoms with van der Waals surface area (Å²) in [6.45, 7) is 8.61. The van der Waals surface area contributed by atoms with Gasteiger partial charge in [-0.15, -0.1) is 0 Å². The van der Waals surface area contributed by atoms with E-state index >= 15 is 0 Å². The molecule has 0 aromatic heterocycles. The van der Waals surface area contributed by atoms with Crippen LogP contribution in [0.25, 0.3) is 0 Å². The van der Waals surface area contributed by atoms with E-state index in [1.165, 1.54) is 51.4 Å². The summed E-state index contributed by atoms with van der Waals surface area (Å²) in [5, 5.41) is 0. The molecule has 1 atom stereocenters. The van der Waals surface area contributed by atoms with Crippen molar-refractivity contribution in [2.45, 2.75) is 91.9 Å². The lowest BCUT2D eigenvalue weighted by molar-refractivity contribution is 0.174. The number of unbranched alkanes of at least 4 members (excludes halogenated alkanes) is 9. The molecule has 0 aliphatic heterocycles. The highest BCUT2D eigenvalue weighted by molar-refractivity contribution is 7.52. The van der Waals surface area contributed by atoms with E-state index < -0.39 is 7.60 Å². The summed E-state index contributed by atoms with van der Waals surface area (Å²) in [7, 11) is -3.36. The molecule has 0 radical (unpaired) electrons. The molecule has 0 aliphatic rings. The molecule has 1 N–H and O–H groups in total. The Morgan fingerprint density at radius 3 is 1.71 bits per heavy atom. The van der Waals surface area contributed by atoms with Crippen LogP contribution >= 0.6 is 7.60 Å². The third kappa shape index (κ3) is 16.3. The fraction of sp³-hybridized carbons (Fsp3) is 1.00. The van der Waals surface area contributed by atoms with Gasteiger partial charge in [0.25, 0.3) is 0 Å². The molecule has 0 fully saturated rings. The van der Waals surface area contributed by atoms with Gasteiger partial charge in [-0.2, -0.15) is 0 Å². The van der Waals surface area contributed by atoms with Crippen LogP contribution < -0.4 is 0 Å². The minimum absolute atomic E-state index is 0.0594. The topological polar surface area (TPSA) is 46.5 Å². The maximum absolute atomic E-state index is 11.8. The Morgan fingerprint density at radius 2 is 1.29 bits per heavy atom. The number of hydrogen-bond acceptors (Lipinski definition) is 2.